The molecule has 1 saturated heterocycles. The van der Waals surface area contributed by atoms with E-state index in [9.17, 15) is 14.4 Å². The number of hydrogen-bond donors (Lipinski definition) is 1. The Balaban J connectivity index is 3.24. The first-order valence-electron chi connectivity index (χ1n) is 7.78. The molecule has 0 aromatic heterocycles. The highest BCUT2D eigenvalue weighted by Gasteiger charge is 2.60. The number of amides is 1. The highest BCUT2D eigenvalue weighted by Crippen LogP contribution is 2.40. The molecule has 1 aliphatic rings. The van der Waals surface area contributed by atoms with E-state index in [2.05, 4.69) is 0 Å². The van der Waals surface area contributed by atoms with Gasteiger partial charge in [0.1, 0.15) is 17.9 Å². The number of aliphatic hydroxyl groups is 1. The summed E-state index contributed by atoms with van der Waals surface area (Å²) < 4.78 is 15.9. The van der Waals surface area contributed by atoms with Gasteiger partial charge in [-0.2, -0.15) is 0 Å². The molecule has 1 atom stereocenters. The standard InChI is InChI=1S/C16H27NO7/c1-14(2,3)24-13(21)17-15(4,5)23-10-16(17,12(20)22-6)8-7-11(19)9-18/h18H,7-10H2,1-6H3/t16-/m1/s1. The second kappa shape index (κ2) is 7.06. The summed E-state index contributed by atoms with van der Waals surface area (Å²) in [4.78, 5) is 37.9. The van der Waals surface area contributed by atoms with Crippen LogP contribution in [0.15, 0.2) is 0 Å². The van der Waals surface area contributed by atoms with Gasteiger partial charge in [0, 0.05) is 6.42 Å². The lowest BCUT2D eigenvalue weighted by atomic mass is 9.91. The monoisotopic (exact) mass is 345 g/mol. The van der Waals surface area contributed by atoms with E-state index in [4.69, 9.17) is 19.3 Å². The van der Waals surface area contributed by atoms with Crippen LogP contribution in [-0.4, -0.2) is 65.0 Å². The van der Waals surface area contributed by atoms with Crippen molar-refractivity contribution in [2.24, 2.45) is 0 Å². The average Bonchev–Trinajstić information content (AvgIpc) is 2.74. The fourth-order valence-corrected chi connectivity index (χ4v) is 2.69. The number of carbonyl (C=O) groups excluding carboxylic acids is 3. The summed E-state index contributed by atoms with van der Waals surface area (Å²) in [5.41, 5.74) is -3.36. The molecule has 1 amide bonds. The molecule has 0 unspecified atom stereocenters. The van der Waals surface area contributed by atoms with Gasteiger partial charge in [-0.05, 0) is 41.0 Å². The van der Waals surface area contributed by atoms with Crippen LogP contribution in [-0.2, 0) is 23.8 Å². The van der Waals surface area contributed by atoms with E-state index in [1.807, 2.05) is 0 Å². The number of aliphatic hydroxyl groups excluding tert-OH is 1. The third kappa shape index (κ3) is 4.24. The van der Waals surface area contributed by atoms with E-state index in [-0.39, 0.29) is 19.4 Å². The second-order valence-electron chi connectivity index (χ2n) is 7.27. The number of rotatable bonds is 5. The highest BCUT2D eigenvalue weighted by molar-refractivity contribution is 5.88. The van der Waals surface area contributed by atoms with Crippen LogP contribution in [0.2, 0.25) is 0 Å². The molecular formula is C16H27NO7. The van der Waals surface area contributed by atoms with Gasteiger partial charge < -0.3 is 19.3 Å². The summed E-state index contributed by atoms with van der Waals surface area (Å²) in [5, 5.41) is 8.92. The van der Waals surface area contributed by atoms with Crippen molar-refractivity contribution < 1.29 is 33.7 Å². The van der Waals surface area contributed by atoms with E-state index >= 15 is 0 Å². The van der Waals surface area contributed by atoms with Crippen molar-refractivity contribution in [2.75, 3.05) is 20.3 Å². The highest BCUT2D eigenvalue weighted by atomic mass is 16.6. The summed E-state index contributed by atoms with van der Waals surface area (Å²) in [5.74, 6) is -1.13. The topological polar surface area (TPSA) is 102 Å². The van der Waals surface area contributed by atoms with Crippen LogP contribution in [0.25, 0.3) is 0 Å². The maximum atomic E-state index is 12.7. The lowest BCUT2D eigenvalue weighted by Gasteiger charge is -2.40. The first kappa shape index (κ1) is 20.4. The lowest BCUT2D eigenvalue weighted by molar-refractivity contribution is -0.155. The second-order valence-corrected chi connectivity index (χ2v) is 7.27. The van der Waals surface area contributed by atoms with Crippen LogP contribution in [0.3, 0.4) is 0 Å². The molecule has 1 N–H and O–H groups in total. The van der Waals surface area contributed by atoms with Gasteiger partial charge in [-0.15, -0.1) is 0 Å². The molecule has 0 radical (unpaired) electrons. The first-order valence-corrected chi connectivity index (χ1v) is 7.78. The minimum atomic E-state index is -1.48. The van der Waals surface area contributed by atoms with E-state index in [1.54, 1.807) is 34.6 Å². The van der Waals surface area contributed by atoms with Gasteiger partial charge in [0.05, 0.1) is 13.7 Å². The Bertz CT molecular complexity index is 509. The van der Waals surface area contributed by atoms with Crippen molar-refractivity contribution in [3.05, 3.63) is 0 Å². The predicted octanol–water partition coefficient (Wildman–Crippen LogP) is 1.24. The Labute approximate surface area is 142 Å². The SMILES string of the molecule is COC(=O)[C@@]1(CCC(=O)CO)COC(C)(C)N1C(=O)OC(C)(C)C. The number of carbonyl (C=O) groups is 3. The third-order valence-corrected chi connectivity index (χ3v) is 3.77. The minimum Gasteiger partial charge on any atom is -0.467 e. The molecule has 1 fully saturated rings. The third-order valence-electron chi connectivity index (χ3n) is 3.77. The summed E-state index contributed by atoms with van der Waals surface area (Å²) in [7, 11) is 1.20. The molecule has 0 aliphatic carbocycles. The minimum absolute atomic E-state index is 0.0261. The largest absolute Gasteiger partial charge is 0.467 e. The molecule has 0 saturated carbocycles. The smallest absolute Gasteiger partial charge is 0.413 e. The molecular weight excluding hydrogens is 318 g/mol. The summed E-state index contributed by atoms with van der Waals surface area (Å²) in [6.45, 7) is 7.65. The first-order chi connectivity index (χ1) is 10.9. The van der Waals surface area contributed by atoms with Crippen LogP contribution >= 0.6 is 0 Å². The Morgan fingerprint density at radius 2 is 1.83 bits per heavy atom. The maximum Gasteiger partial charge on any atom is 0.413 e. The molecule has 8 nitrogen and oxygen atoms in total. The molecule has 0 aromatic carbocycles. The van der Waals surface area contributed by atoms with Gasteiger partial charge in [-0.1, -0.05) is 0 Å². The fraction of sp³-hybridized carbons (Fsp3) is 0.812. The summed E-state index contributed by atoms with van der Waals surface area (Å²) in [6.07, 6.45) is -0.849. The van der Waals surface area contributed by atoms with E-state index in [0.29, 0.717) is 0 Å². The number of ether oxygens (including phenoxy) is 3. The van der Waals surface area contributed by atoms with E-state index < -0.39 is 41.3 Å². The molecule has 8 heteroatoms. The number of hydrogen-bond acceptors (Lipinski definition) is 7. The van der Waals surface area contributed by atoms with E-state index in [0.717, 1.165) is 0 Å². The van der Waals surface area contributed by atoms with Crippen molar-refractivity contribution in [1.29, 1.82) is 0 Å². The number of esters is 1. The zero-order chi connectivity index (χ0) is 18.8. The van der Waals surface area contributed by atoms with Gasteiger partial charge in [-0.25, -0.2) is 9.59 Å². The molecule has 24 heavy (non-hydrogen) atoms. The number of methoxy groups -OCH3 is 1. The van der Waals surface area contributed by atoms with Crippen LogP contribution < -0.4 is 0 Å². The van der Waals surface area contributed by atoms with Crippen LogP contribution in [0, 0.1) is 0 Å². The molecule has 1 rings (SSSR count). The number of ketones is 1. The van der Waals surface area contributed by atoms with E-state index in [1.165, 1.54) is 12.0 Å². The molecule has 0 bridgehead atoms. The van der Waals surface area contributed by atoms with Crippen molar-refractivity contribution in [3.63, 3.8) is 0 Å². The Morgan fingerprint density at radius 1 is 1.25 bits per heavy atom. The maximum absolute atomic E-state index is 12.7. The number of nitrogens with zero attached hydrogens (tertiary/aromatic N) is 1. The normalized spacial score (nSPS) is 23.0. The Hall–Kier alpha value is -1.67. The van der Waals surface area contributed by atoms with Gasteiger partial charge in [-0.3, -0.25) is 9.69 Å². The molecule has 138 valence electrons. The quantitative estimate of drug-likeness (QED) is 0.748. The fourth-order valence-electron chi connectivity index (χ4n) is 2.69. The lowest BCUT2D eigenvalue weighted by Crippen LogP contribution is -2.61. The van der Waals surface area contributed by atoms with Gasteiger partial charge in [0.2, 0.25) is 0 Å². The molecule has 1 aliphatic heterocycles. The van der Waals surface area contributed by atoms with Gasteiger partial charge >= 0.3 is 12.1 Å². The van der Waals surface area contributed by atoms with Crippen molar-refractivity contribution in [1.82, 2.24) is 4.90 Å². The van der Waals surface area contributed by atoms with Crippen LogP contribution in [0.1, 0.15) is 47.5 Å². The summed E-state index contributed by atoms with van der Waals surface area (Å²) in [6, 6.07) is 0. The van der Waals surface area contributed by atoms with Crippen molar-refractivity contribution >= 4 is 17.8 Å². The zero-order valence-corrected chi connectivity index (χ0v) is 15.2. The number of Topliss-reactive ketones (excluding diaryl/α,β-unsaturated/α-hetero) is 1. The molecule has 0 spiro atoms. The predicted molar refractivity (Wildman–Crippen MR) is 84.2 cm³/mol. The Kier molecular flexibility index (Phi) is 6.00. The van der Waals surface area contributed by atoms with Gasteiger partial charge in [0.25, 0.3) is 0 Å². The zero-order valence-electron chi connectivity index (χ0n) is 15.2. The molecule has 0 aromatic rings. The van der Waals surface area contributed by atoms with Gasteiger partial charge in [0.15, 0.2) is 11.3 Å². The average molecular weight is 345 g/mol. The van der Waals surface area contributed by atoms with Crippen molar-refractivity contribution in [2.45, 2.75) is 64.3 Å². The Morgan fingerprint density at radius 3 is 2.29 bits per heavy atom. The van der Waals surface area contributed by atoms with Crippen LogP contribution in [0.4, 0.5) is 4.79 Å². The van der Waals surface area contributed by atoms with Crippen LogP contribution in [0.5, 0.6) is 0 Å². The van der Waals surface area contributed by atoms with Crippen molar-refractivity contribution in [3.8, 4) is 0 Å². The summed E-state index contributed by atoms with van der Waals surface area (Å²) >= 11 is 0. The molecule has 1 heterocycles.